The molecule has 0 spiro atoms. The average Bonchev–Trinajstić information content (AvgIpc) is 2.33. The highest BCUT2D eigenvalue weighted by molar-refractivity contribution is 9.10. The van der Waals surface area contributed by atoms with Gasteiger partial charge in [0, 0.05) is 10.0 Å². The summed E-state index contributed by atoms with van der Waals surface area (Å²) in [5.41, 5.74) is 7.14. The second-order valence-corrected chi connectivity index (χ2v) is 4.87. The van der Waals surface area contributed by atoms with Crippen LogP contribution in [0.1, 0.15) is 11.1 Å². The first-order valence-electron chi connectivity index (χ1n) is 5.45. The molecule has 0 saturated heterocycles. The third-order valence-corrected chi connectivity index (χ3v) is 3.02. The number of ether oxygens (including phenoxy) is 1. The molecule has 0 amide bonds. The van der Waals surface area contributed by atoms with E-state index in [2.05, 4.69) is 15.9 Å². The van der Waals surface area contributed by atoms with Crippen LogP contribution in [0.25, 0.3) is 0 Å². The van der Waals surface area contributed by atoms with Crippen molar-refractivity contribution in [2.45, 2.75) is 6.92 Å². The predicted octanol–water partition coefficient (Wildman–Crippen LogP) is 3.83. The summed E-state index contributed by atoms with van der Waals surface area (Å²) in [6.07, 6.45) is 0. The fourth-order valence-electron chi connectivity index (χ4n) is 1.56. The van der Waals surface area contributed by atoms with Crippen LogP contribution < -0.4 is 10.5 Å². The Balaban J connectivity index is 2.21. The Kier molecular flexibility index (Phi) is 3.67. The lowest BCUT2D eigenvalue weighted by Crippen LogP contribution is -2.10. The molecule has 4 heteroatoms. The Morgan fingerprint density at radius 3 is 2.39 bits per heavy atom. The molecule has 0 heterocycles. The van der Waals surface area contributed by atoms with Gasteiger partial charge in [0.15, 0.2) is 0 Å². The summed E-state index contributed by atoms with van der Waals surface area (Å²) >= 11 is 3.41. The first-order valence-corrected chi connectivity index (χ1v) is 6.24. The van der Waals surface area contributed by atoms with Crippen molar-refractivity contribution in [1.29, 1.82) is 5.41 Å². The predicted molar refractivity (Wildman–Crippen MR) is 76.4 cm³/mol. The van der Waals surface area contributed by atoms with Gasteiger partial charge < -0.3 is 10.5 Å². The van der Waals surface area contributed by atoms with Gasteiger partial charge >= 0.3 is 0 Å². The molecular weight excluding hydrogens is 292 g/mol. The minimum Gasteiger partial charge on any atom is -0.457 e. The van der Waals surface area contributed by atoms with E-state index in [0.29, 0.717) is 5.56 Å². The Morgan fingerprint density at radius 1 is 1.17 bits per heavy atom. The quantitative estimate of drug-likeness (QED) is 0.668. The van der Waals surface area contributed by atoms with Crippen LogP contribution in [-0.2, 0) is 0 Å². The molecule has 0 atom stereocenters. The Hall–Kier alpha value is -1.81. The van der Waals surface area contributed by atoms with Crippen LogP contribution in [0.3, 0.4) is 0 Å². The molecule has 3 nitrogen and oxygen atoms in total. The van der Waals surface area contributed by atoms with Gasteiger partial charge in [0.05, 0.1) is 0 Å². The molecule has 0 bridgehead atoms. The molecular formula is C14H13BrN2O. The van der Waals surface area contributed by atoms with E-state index in [-0.39, 0.29) is 5.84 Å². The summed E-state index contributed by atoms with van der Waals surface area (Å²) in [5.74, 6) is 1.60. The first kappa shape index (κ1) is 12.6. The standard InChI is InChI=1S/C14H13BrN2O/c1-9-8-11(15)4-7-13(9)18-12-5-2-10(3-6-12)14(16)17/h2-8H,1H3,(H3,16,17). The largest absolute Gasteiger partial charge is 0.457 e. The van der Waals surface area contributed by atoms with Crippen LogP contribution >= 0.6 is 15.9 Å². The molecule has 0 saturated carbocycles. The summed E-state index contributed by atoms with van der Waals surface area (Å²) < 4.78 is 6.79. The third-order valence-electron chi connectivity index (χ3n) is 2.53. The lowest BCUT2D eigenvalue weighted by Gasteiger charge is -2.09. The summed E-state index contributed by atoms with van der Waals surface area (Å²) in [5, 5.41) is 7.32. The van der Waals surface area contributed by atoms with Crippen LogP contribution in [0.15, 0.2) is 46.9 Å². The number of nitrogens with one attached hydrogen (secondary N) is 1. The summed E-state index contributed by atoms with van der Waals surface area (Å²) in [4.78, 5) is 0. The zero-order valence-corrected chi connectivity index (χ0v) is 11.5. The molecule has 0 unspecified atom stereocenters. The van der Waals surface area contributed by atoms with Crippen molar-refractivity contribution in [3.63, 3.8) is 0 Å². The lowest BCUT2D eigenvalue weighted by atomic mass is 10.2. The van der Waals surface area contributed by atoms with Crippen molar-refractivity contribution in [1.82, 2.24) is 0 Å². The lowest BCUT2D eigenvalue weighted by molar-refractivity contribution is 0.479. The van der Waals surface area contributed by atoms with Crippen LogP contribution in [0.2, 0.25) is 0 Å². The van der Waals surface area contributed by atoms with Crippen molar-refractivity contribution in [3.8, 4) is 11.5 Å². The highest BCUT2D eigenvalue weighted by Gasteiger charge is 2.03. The maximum absolute atomic E-state index is 7.32. The van der Waals surface area contributed by atoms with E-state index in [9.17, 15) is 0 Å². The number of benzene rings is 2. The smallest absolute Gasteiger partial charge is 0.130 e. The SMILES string of the molecule is Cc1cc(Br)ccc1Oc1ccc(C(=N)N)cc1. The van der Waals surface area contributed by atoms with E-state index in [1.165, 1.54) is 0 Å². The van der Waals surface area contributed by atoms with Crippen LogP contribution in [0.4, 0.5) is 0 Å². The number of nitrogens with two attached hydrogens (primary N) is 1. The van der Waals surface area contributed by atoms with Gasteiger partial charge in [-0.1, -0.05) is 15.9 Å². The van der Waals surface area contributed by atoms with Crippen molar-refractivity contribution >= 4 is 21.8 Å². The first-order chi connectivity index (χ1) is 8.56. The Morgan fingerprint density at radius 2 is 1.83 bits per heavy atom. The van der Waals surface area contributed by atoms with Gasteiger partial charge in [-0.15, -0.1) is 0 Å². The van der Waals surface area contributed by atoms with Crippen LogP contribution in [0.5, 0.6) is 11.5 Å². The van der Waals surface area contributed by atoms with E-state index in [1.807, 2.05) is 25.1 Å². The van der Waals surface area contributed by atoms with Gasteiger partial charge in [0.25, 0.3) is 0 Å². The number of amidine groups is 1. The maximum Gasteiger partial charge on any atom is 0.130 e. The Bertz CT molecular complexity index is 579. The monoisotopic (exact) mass is 304 g/mol. The zero-order valence-electron chi connectivity index (χ0n) is 9.91. The van der Waals surface area contributed by atoms with Gasteiger partial charge in [0.1, 0.15) is 17.3 Å². The molecule has 0 aliphatic heterocycles. The van der Waals surface area contributed by atoms with Crippen LogP contribution in [-0.4, -0.2) is 5.84 Å². The second kappa shape index (κ2) is 5.23. The normalized spacial score (nSPS) is 10.1. The van der Waals surface area contributed by atoms with E-state index in [0.717, 1.165) is 21.5 Å². The maximum atomic E-state index is 7.32. The van der Waals surface area contributed by atoms with E-state index in [1.54, 1.807) is 24.3 Å². The summed E-state index contributed by atoms with van der Waals surface area (Å²) in [7, 11) is 0. The summed E-state index contributed by atoms with van der Waals surface area (Å²) in [6.45, 7) is 1.99. The Labute approximate surface area is 114 Å². The molecule has 0 aliphatic rings. The average molecular weight is 305 g/mol. The molecule has 0 aliphatic carbocycles. The second-order valence-electron chi connectivity index (χ2n) is 3.95. The van der Waals surface area contributed by atoms with Gasteiger partial charge in [-0.3, -0.25) is 5.41 Å². The van der Waals surface area contributed by atoms with Crippen molar-refractivity contribution in [2.24, 2.45) is 5.73 Å². The van der Waals surface area contributed by atoms with Gasteiger partial charge in [0.2, 0.25) is 0 Å². The topological polar surface area (TPSA) is 59.1 Å². The molecule has 3 N–H and O–H groups in total. The van der Waals surface area contributed by atoms with Gasteiger partial charge in [-0.2, -0.15) is 0 Å². The molecule has 18 heavy (non-hydrogen) atoms. The highest BCUT2D eigenvalue weighted by Crippen LogP contribution is 2.27. The van der Waals surface area contributed by atoms with E-state index in [4.69, 9.17) is 15.9 Å². The van der Waals surface area contributed by atoms with E-state index >= 15 is 0 Å². The molecule has 92 valence electrons. The number of hydrogen-bond acceptors (Lipinski definition) is 2. The van der Waals surface area contributed by atoms with Crippen molar-refractivity contribution < 1.29 is 4.74 Å². The third kappa shape index (κ3) is 2.90. The minimum atomic E-state index is 0.0568. The number of halogens is 1. The number of rotatable bonds is 3. The van der Waals surface area contributed by atoms with E-state index < -0.39 is 0 Å². The molecule has 0 radical (unpaired) electrons. The van der Waals surface area contributed by atoms with Crippen molar-refractivity contribution in [3.05, 3.63) is 58.1 Å². The van der Waals surface area contributed by atoms with Gasteiger partial charge in [-0.05, 0) is 55.0 Å². The zero-order chi connectivity index (χ0) is 13.1. The minimum absolute atomic E-state index is 0.0568. The molecule has 2 rings (SSSR count). The molecule has 2 aromatic rings. The van der Waals surface area contributed by atoms with Crippen LogP contribution in [0, 0.1) is 12.3 Å². The van der Waals surface area contributed by atoms with Crippen molar-refractivity contribution in [2.75, 3.05) is 0 Å². The van der Waals surface area contributed by atoms with Gasteiger partial charge in [-0.25, -0.2) is 0 Å². The molecule has 0 fully saturated rings. The number of aryl methyl sites for hydroxylation is 1. The number of nitrogen functional groups attached to an aromatic ring is 1. The molecule has 0 aromatic heterocycles. The highest BCUT2D eigenvalue weighted by atomic mass is 79.9. The number of hydrogen-bond donors (Lipinski definition) is 2. The fraction of sp³-hybridized carbons (Fsp3) is 0.0714. The molecule has 2 aromatic carbocycles. The fourth-order valence-corrected chi connectivity index (χ4v) is 2.03. The summed E-state index contributed by atoms with van der Waals surface area (Å²) in [6, 6.07) is 13.0.